The van der Waals surface area contributed by atoms with Crippen LogP contribution < -0.4 is 27.4 Å². The van der Waals surface area contributed by atoms with Gasteiger partial charge >= 0.3 is 11.7 Å². The predicted molar refractivity (Wildman–Crippen MR) is 134 cm³/mol. The number of nitrogens with two attached hydrogens (primary N) is 1. The molecule has 1 saturated carbocycles. The molecule has 1 aliphatic carbocycles. The maximum absolute atomic E-state index is 12.6. The van der Waals surface area contributed by atoms with Gasteiger partial charge in [0.2, 0.25) is 0 Å². The summed E-state index contributed by atoms with van der Waals surface area (Å²) < 4.78 is 1.48. The van der Waals surface area contributed by atoms with Gasteiger partial charge in [0, 0.05) is 44.5 Å². The van der Waals surface area contributed by atoms with Crippen molar-refractivity contribution in [1.82, 2.24) is 25.1 Å². The Labute approximate surface area is 201 Å². The number of rotatable bonds is 7. The second-order valence-corrected chi connectivity index (χ2v) is 9.61. The van der Waals surface area contributed by atoms with Gasteiger partial charge in [-0.15, -0.1) is 0 Å². The number of carbonyl (C=O) groups is 1. The minimum atomic E-state index is -0.424. The Morgan fingerprint density at radius 3 is 2.68 bits per heavy atom. The molecule has 2 aromatic rings. The normalized spacial score (nSPS) is 21.8. The van der Waals surface area contributed by atoms with Crippen molar-refractivity contribution in [2.75, 3.05) is 38.0 Å². The summed E-state index contributed by atoms with van der Waals surface area (Å²) in [4.78, 5) is 30.7. The summed E-state index contributed by atoms with van der Waals surface area (Å²) in [7, 11) is 0. The summed E-state index contributed by atoms with van der Waals surface area (Å²) >= 11 is 0. The van der Waals surface area contributed by atoms with Gasteiger partial charge in [0.05, 0.1) is 5.69 Å². The zero-order valence-corrected chi connectivity index (χ0v) is 20.0. The summed E-state index contributed by atoms with van der Waals surface area (Å²) in [5, 5.41) is 9.59. The number of hydrogen-bond acceptors (Lipinski definition) is 6. The lowest BCUT2D eigenvalue weighted by Gasteiger charge is -2.28. The SMILES string of the molecule is CC(Cc1ccc(-n2ccc(NC(=O)N3CCNCC3)nc2=O)cc1)NC[C@@H]1CCC[C@@H](N)C1. The van der Waals surface area contributed by atoms with Gasteiger partial charge in [0.1, 0.15) is 5.82 Å². The van der Waals surface area contributed by atoms with Crippen molar-refractivity contribution in [2.24, 2.45) is 11.7 Å². The van der Waals surface area contributed by atoms with Gasteiger partial charge in [-0.05, 0) is 68.8 Å². The molecule has 1 aromatic carbocycles. The lowest BCUT2D eigenvalue weighted by atomic mass is 9.86. The molecule has 0 bridgehead atoms. The molecule has 4 rings (SSSR count). The van der Waals surface area contributed by atoms with E-state index in [2.05, 4.69) is 40.0 Å². The Kier molecular flexibility index (Phi) is 8.31. The molecule has 0 spiro atoms. The number of aromatic nitrogens is 2. The number of nitrogens with one attached hydrogen (secondary N) is 3. The van der Waals surface area contributed by atoms with Gasteiger partial charge < -0.3 is 21.3 Å². The van der Waals surface area contributed by atoms with Crippen molar-refractivity contribution in [3.8, 4) is 5.69 Å². The molecule has 1 aromatic heterocycles. The first-order valence-corrected chi connectivity index (χ1v) is 12.4. The number of benzene rings is 1. The topological polar surface area (TPSA) is 117 Å². The quantitative estimate of drug-likeness (QED) is 0.493. The van der Waals surface area contributed by atoms with Crippen molar-refractivity contribution >= 4 is 11.8 Å². The summed E-state index contributed by atoms with van der Waals surface area (Å²) in [5.74, 6) is 0.942. The Bertz CT molecular complexity index is 1000. The average Bonchev–Trinajstić information content (AvgIpc) is 2.84. The summed E-state index contributed by atoms with van der Waals surface area (Å²) in [5.41, 5.74) is 7.65. The zero-order valence-electron chi connectivity index (χ0n) is 20.0. The highest BCUT2D eigenvalue weighted by Crippen LogP contribution is 2.22. The molecule has 2 heterocycles. The summed E-state index contributed by atoms with van der Waals surface area (Å²) in [6.07, 6.45) is 7.35. The molecule has 9 nitrogen and oxygen atoms in total. The number of nitrogens with zero attached hydrogens (tertiary/aromatic N) is 3. The van der Waals surface area contributed by atoms with Crippen molar-refractivity contribution in [3.63, 3.8) is 0 Å². The van der Waals surface area contributed by atoms with Gasteiger partial charge in [-0.2, -0.15) is 4.98 Å². The number of anilines is 1. The van der Waals surface area contributed by atoms with Crippen molar-refractivity contribution in [2.45, 2.75) is 51.1 Å². The van der Waals surface area contributed by atoms with E-state index < -0.39 is 5.69 Å². The number of urea groups is 1. The van der Waals surface area contributed by atoms with E-state index in [4.69, 9.17) is 5.73 Å². The van der Waals surface area contributed by atoms with E-state index in [1.807, 2.05) is 12.1 Å². The highest BCUT2D eigenvalue weighted by Gasteiger charge is 2.20. The molecule has 1 unspecified atom stereocenters. The van der Waals surface area contributed by atoms with Crippen molar-refractivity contribution in [3.05, 3.63) is 52.6 Å². The molecular weight excluding hydrogens is 430 g/mol. The van der Waals surface area contributed by atoms with Crippen LogP contribution in [0.25, 0.3) is 5.69 Å². The Morgan fingerprint density at radius 1 is 1.21 bits per heavy atom. The van der Waals surface area contributed by atoms with Crippen molar-refractivity contribution < 1.29 is 4.79 Å². The van der Waals surface area contributed by atoms with Gasteiger partial charge in [-0.1, -0.05) is 18.6 Å². The fraction of sp³-hybridized carbons (Fsp3) is 0.560. The van der Waals surface area contributed by atoms with Crippen LogP contribution >= 0.6 is 0 Å². The molecule has 184 valence electrons. The monoisotopic (exact) mass is 467 g/mol. The first kappa shape index (κ1) is 24.4. The zero-order chi connectivity index (χ0) is 23.9. The third kappa shape index (κ3) is 6.65. The van der Waals surface area contributed by atoms with Crippen LogP contribution in [0.4, 0.5) is 10.6 Å². The molecule has 34 heavy (non-hydrogen) atoms. The van der Waals surface area contributed by atoms with E-state index in [0.717, 1.165) is 44.6 Å². The maximum Gasteiger partial charge on any atom is 0.354 e. The molecule has 2 fully saturated rings. The fourth-order valence-corrected chi connectivity index (χ4v) is 4.83. The molecule has 0 radical (unpaired) electrons. The molecule has 9 heteroatoms. The Hall–Kier alpha value is -2.75. The van der Waals surface area contributed by atoms with Gasteiger partial charge in [-0.3, -0.25) is 9.88 Å². The van der Waals surface area contributed by atoms with Crippen LogP contribution in [-0.2, 0) is 6.42 Å². The van der Waals surface area contributed by atoms with E-state index in [1.54, 1.807) is 17.2 Å². The van der Waals surface area contributed by atoms with Gasteiger partial charge in [-0.25, -0.2) is 9.59 Å². The number of hydrogen-bond donors (Lipinski definition) is 4. The van der Waals surface area contributed by atoms with Crippen LogP contribution in [0.5, 0.6) is 0 Å². The molecule has 2 aliphatic rings. The van der Waals surface area contributed by atoms with Crippen LogP contribution in [-0.4, -0.2) is 65.3 Å². The van der Waals surface area contributed by atoms with Crippen LogP contribution in [0.15, 0.2) is 41.3 Å². The third-order valence-corrected chi connectivity index (χ3v) is 6.78. The fourth-order valence-electron chi connectivity index (χ4n) is 4.83. The minimum Gasteiger partial charge on any atom is -0.328 e. The van der Waals surface area contributed by atoms with Gasteiger partial charge in [0.25, 0.3) is 0 Å². The summed E-state index contributed by atoms with van der Waals surface area (Å²) in [6, 6.07) is 10.1. The molecular formula is C25H37N7O2. The average molecular weight is 468 g/mol. The van der Waals surface area contributed by atoms with E-state index in [-0.39, 0.29) is 11.8 Å². The largest absolute Gasteiger partial charge is 0.354 e. The van der Waals surface area contributed by atoms with Crippen LogP contribution in [0, 0.1) is 5.92 Å². The van der Waals surface area contributed by atoms with E-state index in [9.17, 15) is 9.59 Å². The number of carbonyl (C=O) groups excluding carboxylic acids is 1. The highest BCUT2D eigenvalue weighted by atomic mass is 16.2. The Morgan fingerprint density at radius 2 is 1.97 bits per heavy atom. The lowest BCUT2D eigenvalue weighted by Crippen LogP contribution is -2.48. The molecule has 1 aliphatic heterocycles. The second kappa shape index (κ2) is 11.6. The van der Waals surface area contributed by atoms with Crippen LogP contribution in [0.2, 0.25) is 0 Å². The standard InChI is InChI=1S/C25H37N7O2/c1-18(28-17-20-3-2-4-21(26)16-20)15-19-5-7-22(8-6-19)32-12-9-23(30-25(32)34)29-24(33)31-13-10-27-11-14-31/h5-9,12,18,20-21,27-28H,2-4,10-11,13-17,26H2,1H3,(H,29,30,33,34)/t18?,20-,21-/m1/s1. The van der Waals surface area contributed by atoms with E-state index >= 15 is 0 Å². The first-order valence-electron chi connectivity index (χ1n) is 12.4. The maximum atomic E-state index is 12.6. The second-order valence-electron chi connectivity index (χ2n) is 9.61. The smallest absolute Gasteiger partial charge is 0.328 e. The molecule has 3 atom stereocenters. The van der Waals surface area contributed by atoms with Crippen LogP contribution in [0.3, 0.4) is 0 Å². The minimum absolute atomic E-state index is 0.232. The molecule has 5 N–H and O–H groups in total. The van der Waals surface area contributed by atoms with Crippen molar-refractivity contribution in [1.29, 1.82) is 0 Å². The number of amides is 2. The van der Waals surface area contributed by atoms with Crippen LogP contribution in [0.1, 0.15) is 38.2 Å². The predicted octanol–water partition coefficient (Wildman–Crippen LogP) is 1.71. The molecule has 1 saturated heterocycles. The first-order chi connectivity index (χ1) is 16.5. The molecule has 2 amide bonds. The van der Waals surface area contributed by atoms with E-state index in [0.29, 0.717) is 31.1 Å². The summed E-state index contributed by atoms with van der Waals surface area (Å²) in [6.45, 7) is 6.03. The highest BCUT2D eigenvalue weighted by molar-refractivity contribution is 5.88. The lowest BCUT2D eigenvalue weighted by molar-refractivity contribution is 0.204. The Balaban J connectivity index is 1.30. The van der Waals surface area contributed by atoms with E-state index in [1.165, 1.54) is 23.0 Å². The van der Waals surface area contributed by atoms with Gasteiger partial charge in [0.15, 0.2) is 0 Å². The third-order valence-electron chi connectivity index (χ3n) is 6.78. The number of piperazine rings is 1.